The summed E-state index contributed by atoms with van der Waals surface area (Å²) in [6.45, 7) is 0.833. The van der Waals surface area contributed by atoms with Crippen LogP contribution in [0.2, 0.25) is 0 Å². The average Bonchev–Trinajstić information content (AvgIpc) is 3.34. The van der Waals surface area contributed by atoms with Crippen molar-refractivity contribution in [2.24, 2.45) is 0 Å². The van der Waals surface area contributed by atoms with Crippen LogP contribution in [0.3, 0.4) is 0 Å². The van der Waals surface area contributed by atoms with E-state index in [0.717, 1.165) is 5.56 Å². The molecule has 4 rings (SSSR count). The minimum atomic E-state index is -0.729. The van der Waals surface area contributed by atoms with Crippen LogP contribution in [0.25, 0.3) is 0 Å². The monoisotopic (exact) mass is 422 g/mol. The van der Waals surface area contributed by atoms with E-state index < -0.39 is 17.9 Å². The van der Waals surface area contributed by atoms with Crippen LogP contribution >= 0.6 is 0 Å². The maximum Gasteiger partial charge on any atom is 0.321 e. The van der Waals surface area contributed by atoms with Gasteiger partial charge in [0.05, 0.1) is 18.8 Å². The highest BCUT2D eigenvalue weighted by Gasteiger charge is 2.31. The first-order valence-electron chi connectivity index (χ1n) is 9.56. The van der Waals surface area contributed by atoms with Gasteiger partial charge in [-0.15, -0.1) is 5.10 Å². The van der Waals surface area contributed by atoms with Crippen molar-refractivity contribution in [3.05, 3.63) is 82.9 Å². The summed E-state index contributed by atoms with van der Waals surface area (Å²) in [5, 5.41) is 12.9. The molecule has 0 saturated heterocycles. The van der Waals surface area contributed by atoms with Crippen LogP contribution < -0.4 is 10.6 Å². The van der Waals surface area contributed by atoms with Crippen LogP contribution in [-0.2, 0) is 17.9 Å². The van der Waals surface area contributed by atoms with Crippen LogP contribution in [0.15, 0.2) is 54.7 Å². The maximum absolute atomic E-state index is 13.5. The quantitative estimate of drug-likeness (QED) is 0.563. The molecule has 2 N–H and O–H groups in total. The van der Waals surface area contributed by atoms with Crippen molar-refractivity contribution >= 4 is 18.3 Å². The Hall–Kier alpha value is -4.08. The zero-order chi connectivity index (χ0) is 21.8. The van der Waals surface area contributed by atoms with Crippen molar-refractivity contribution < 1.29 is 18.8 Å². The summed E-state index contributed by atoms with van der Waals surface area (Å²) in [7, 11) is 0. The Morgan fingerprint density at radius 1 is 1.23 bits per heavy atom. The van der Waals surface area contributed by atoms with Crippen molar-refractivity contribution in [1.82, 2.24) is 30.5 Å². The number of rotatable bonds is 7. The topological polar surface area (TPSA) is 109 Å². The Labute approximate surface area is 176 Å². The predicted octanol–water partition coefficient (Wildman–Crippen LogP) is 1.62. The lowest BCUT2D eigenvalue weighted by Gasteiger charge is -2.23. The number of nitrogens with zero attached hydrogens (tertiary/aromatic N) is 4. The Balaban J connectivity index is 1.53. The molecule has 1 aromatic heterocycles. The van der Waals surface area contributed by atoms with Crippen LogP contribution in [0.1, 0.15) is 33.2 Å². The van der Waals surface area contributed by atoms with Crippen molar-refractivity contribution in [3.8, 4) is 0 Å². The Bertz CT molecular complexity index is 1120. The Morgan fingerprint density at radius 2 is 2.03 bits per heavy atom. The fraction of sp³-hybridized carbons (Fsp3) is 0.190. The first kappa shape index (κ1) is 20.2. The fourth-order valence-corrected chi connectivity index (χ4v) is 3.49. The van der Waals surface area contributed by atoms with E-state index in [0.29, 0.717) is 23.4 Å². The number of carbonyl (C=O) groups is 3. The molecule has 4 amide bonds. The number of carbonyl (C=O) groups excluding carboxylic acids is 3. The van der Waals surface area contributed by atoms with E-state index in [1.165, 1.54) is 17.0 Å². The highest BCUT2D eigenvalue weighted by atomic mass is 19.1. The van der Waals surface area contributed by atoms with Gasteiger partial charge in [-0.05, 0) is 23.3 Å². The van der Waals surface area contributed by atoms with E-state index >= 15 is 0 Å². The minimum absolute atomic E-state index is 0.0748. The molecule has 0 unspecified atom stereocenters. The molecule has 0 fully saturated rings. The smallest absolute Gasteiger partial charge is 0.321 e. The van der Waals surface area contributed by atoms with Gasteiger partial charge in [0, 0.05) is 18.7 Å². The van der Waals surface area contributed by atoms with Gasteiger partial charge in [-0.25, -0.2) is 13.9 Å². The zero-order valence-corrected chi connectivity index (χ0v) is 16.4. The van der Waals surface area contributed by atoms with Crippen molar-refractivity contribution in [2.75, 3.05) is 6.54 Å². The molecule has 0 spiro atoms. The van der Waals surface area contributed by atoms with Gasteiger partial charge >= 0.3 is 6.03 Å². The Kier molecular flexibility index (Phi) is 5.69. The third-order valence-corrected chi connectivity index (χ3v) is 4.95. The summed E-state index contributed by atoms with van der Waals surface area (Å²) in [6.07, 6.45) is 1.94. The predicted molar refractivity (Wildman–Crippen MR) is 107 cm³/mol. The van der Waals surface area contributed by atoms with Gasteiger partial charge in [-0.2, -0.15) is 0 Å². The normalized spacial score (nSPS) is 13.6. The van der Waals surface area contributed by atoms with Crippen LogP contribution in [-0.4, -0.2) is 44.8 Å². The van der Waals surface area contributed by atoms with Gasteiger partial charge in [0.15, 0.2) is 0 Å². The molecule has 2 heterocycles. The standard InChI is InChI=1S/C21H19FN6O3/c22-16-7-6-15-10-27(20(30)17(15)8-16)11-18(24-21(31)23-13-29)19-12-28(26-25-19)9-14-4-2-1-3-5-14/h1-8,12-13,18H,9-11H2,(H2,23,24,29,31)/t18-/m0/s1. The van der Waals surface area contributed by atoms with Gasteiger partial charge in [0.2, 0.25) is 6.41 Å². The molecule has 10 heteroatoms. The number of urea groups is 1. The summed E-state index contributed by atoms with van der Waals surface area (Å²) in [5.74, 6) is -0.827. The highest BCUT2D eigenvalue weighted by molar-refractivity contribution is 5.98. The molecule has 31 heavy (non-hydrogen) atoms. The third kappa shape index (κ3) is 4.58. The zero-order valence-electron chi connectivity index (χ0n) is 16.4. The Morgan fingerprint density at radius 3 is 2.81 bits per heavy atom. The number of benzene rings is 2. The molecule has 3 aromatic rings. The molecule has 0 saturated carbocycles. The number of imide groups is 1. The number of halogens is 1. The molecule has 2 aromatic carbocycles. The molecule has 9 nitrogen and oxygen atoms in total. The van der Waals surface area contributed by atoms with Gasteiger partial charge in [-0.3, -0.25) is 14.9 Å². The summed E-state index contributed by atoms with van der Waals surface area (Å²) >= 11 is 0. The van der Waals surface area contributed by atoms with Crippen molar-refractivity contribution in [1.29, 1.82) is 0 Å². The van der Waals surface area contributed by atoms with Crippen molar-refractivity contribution in [2.45, 2.75) is 19.1 Å². The molecule has 0 radical (unpaired) electrons. The number of amides is 4. The largest absolute Gasteiger partial charge is 0.332 e. The van der Waals surface area contributed by atoms with Crippen LogP contribution in [0.4, 0.5) is 9.18 Å². The van der Waals surface area contributed by atoms with Gasteiger partial charge < -0.3 is 10.2 Å². The number of nitrogens with one attached hydrogen (secondary N) is 2. The van der Waals surface area contributed by atoms with Gasteiger partial charge in [0.25, 0.3) is 5.91 Å². The second kappa shape index (κ2) is 8.74. The molecular weight excluding hydrogens is 403 g/mol. The molecule has 1 aliphatic rings. The lowest BCUT2D eigenvalue weighted by Crippen LogP contribution is -2.42. The first-order chi connectivity index (χ1) is 15.0. The summed E-state index contributed by atoms with van der Waals surface area (Å²) in [6, 6.07) is 12.3. The second-order valence-electron chi connectivity index (χ2n) is 7.10. The van der Waals surface area contributed by atoms with Crippen molar-refractivity contribution in [3.63, 3.8) is 0 Å². The summed E-state index contributed by atoms with van der Waals surface area (Å²) in [4.78, 5) is 36.8. The SMILES string of the molecule is O=CNC(=O)N[C@@H](CN1Cc2ccc(F)cc2C1=O)c1cn(Cc2ccccc2)nn1. The molecular formula is C21H19FN6O3. The van der Waals surface area contributed by atoms with Crippen LogP contribution in [0, 0.1) is 5.82 Å². The highest BCUT2D eigenvalue weighted by Crippen LogP contribution is 2.25. The summed E-state index contributed by atoms with van der Waals surface area (Å²) < 4.78 is 15.2. The minimum Gasteiger partial charge on any atom is -0.332 e. The average molecular weight is 422 g/mol. The fourth-order valence-electron chi connectivity index (χ4n) is 3.49. The number of aromatic nitrogens is 3. The third-order valence-electron chi connectivity index (χ3n) is 4.95. The van der Waals surface area contributed by atoms with E-state index in [4.69, 9.17) is 0 Å². The van der Waals surface area contributed by atoms with E-state index in [9.17, 15) is 18.8 Å². The summed E-state index contributed by atoms with van der Waals surface area (Å²) in [5.41, 5.74) is 2.44. The molecule has 0 aliphatic carbocycles. The molecule has 1 aliphatic heterocycles. The van der Waals surface area contributed by atoms with E-state index in [1.54, 1.807) is 16.9 Å². The van der Waals surface area contributed by atoms with E-state index in [-0.39, 0.29) is 25.4 Å². The van der Waals surface area contributed by atoms with Crippen LogP contribution in [0.5, 0.6) is 0 Å². The van der Waals surface area contributed by atoms with Gasteiger partial charge in [0.1, 0.15) is 11.5 Å². The van der Waals surface area contributed by atoms with E-state index in [1.807, 2.05) is 35.6 Å². The first-order valence-corrected chi connectivity index (χ1v) is 9.56. The second-order valence-corrected chi connectivity index (χ2v) is 7.10. The molecule has 0 bridgehead atoms. The van der Waals surface area contributed by atoms with E-state index in [2.05, 4.69) is 15.6 Å². The maximum atomic E-state index is 13.5. The number of hydrogen-bond acceptors (Lipinski definition) is 5. The van der Waals surface area contributed by atoms with Gasteiger partial charge in [-0.1, -0.05) is 41.6 Å². The lowest BCUT2D eigenvalue weighted by molar-refractivity contribution is -0.108. The number of fused-ring (bicyclic) bond motifs is 1. The number of hydrogen-bond donors (Lipinski definition) is 2. The molecule has 1 atom stereocenters. The molecule has 158 valence electrons. The lowest BCUT2D eigenvalue weighted by atomic mass is 10.1.